The van der Waals surface area contributed by atoms with Gasteiger partial charge >= 0.3 is 18.0 Å². The zero-order valence-corrected chi connectivity index (χ0v) is 9.10. The Labute approximate surface area is 97.3 Å². The van der Waals surface area contributed by atoms with Gasteiger partial charge in [0, 0.05) is 19.8 Å². The van der Waals surface area contributed by atoms with E-state index < -0.39 is 24.1 Å². The van der Waals surface area contributed by atoms with E-state index in [9.17, 15) is 14.4 Å². The van der Waals surface area contributed by atoms with Gasteiger partial charge in [-0.25, -0.2) is 19.3 Å². The van der Waals surface area contributed by atoms with Crippen molar-refractivity contribution in [1.29, 1.82) is 0 Å². The summed E-state index contributed by atoms with van der Waals surface area (Å²) in [6.45, 7) is 3.06. The van der Waals surface area contributed by atoms with Crippen LogP contribution in [0.5, 0.6) is 0 Å². The van der Waals surface area contributed by atoms with Crippen LogP contribution in [0.15, 0.2) is 0 Å². The fourth-order valence-electron chi connectivity index (χ4n) is 1.31. The van der Waals surface area contributed by atoms with Gasteiger partial charge in [-0.3, -0.25) is 0 Å². The highest BCUT2D eigenvalue weighted by Crippen LogP contribution is 2.02. The van der Waals surface area contributed by atoms with Crippen LogP contribution in [0.2, 0.25) is 0 Å². The van der Waals surface area contributed by atoms with Gasteiger partial charge in [0.05, 0.1) is 6.54 Å². The first kappa shape index (κ1) is 13.2. The Kier molecular flexibility index (Phi) is 4.67. The summed E-state index contributed by atoms with van der Waals surface area (Å²) in [4.78, 5) is 32.2. The second-order valence-electron chi connectivity index (χ2n) is 3.47. The number of carboxylic acids is 1. The molecule has 2 aliphatic rings. The van der Waals surface area contributed by atoms with Crippen molar-refractivity contribution in [3.05, 3.63) is 0 Å². The van der Waals surface area contributed by atoms with Gasteiger partial charge < -0.3 is 26.8 Å². The third kappa shape index (κ3) is 3.89. The van der Waals surface area contributed by atoms with Crippen molar-refractivity contribution in [2.45, 2.75) is 6.04 Å². The molecular weight excluding hydrogens is 230 g/mol. The quantitative estimate of drug-likeness (QED) is 0.352. The van der Waals surface area contributed by atoms with Crippen LogP contribution in [0.25, 0.3) is 0 Å². The van der Waals surface area contributed by atoms with E-state index in [1.54, 1.807) is 0 Å². The Morgan fingerprint density at radius 2 is 1.94 bits per heavy atom. The van der Waals surface area contributed by atoms with Crippen molar-refractivity contribution >= 4 is 18.0 Å². The number of hydrogen-bond donors (Lipinski definition) is 5. The maximum atomic E-state index is 10.8. The van der Waals surface area contributed by atoms with Crippen LogP contribution < -0.4 is 21.7 Å². The average molecular weight is 245 g/mol. The van der Waals surface area contributed by atoms with Crippen LogP contribution >= 0.6 is 0 Å². The molecule has 1 atom stereocenters. The molecule has 0 unspecified atom stereocenters. The standard InChI is InChI=1S/C5H7N3O4.C3H8N2/c6-4(11)8-1-2(3(9)10)7-5(8)12;1-2-5-3-4-1/h2H,1H2,(H2,6,11)(H,7,12)(H,9,10);4-5H,1-3H2/t2-;/m0./s1. The minimum absolute atomic E-state index is 0.219. The molecule has 6 N–H and O–H groups in total. The molecular formula is C8H15N5O4. The summed E-state index contributed by atoms with van der Waals surface area (Å²) in [6.07, 6.45) is 0. The molecule has 2 aliphatic heterocycles. The predicted octanol–water partition coefficient (Wildman–Crippen LogP) is -2.32. The van der Waals surface area contributed by atoms with Crippen LogP contribution in [0, 0.1) is 0 Å². The molecule has 4 amide bonds. The largest absolute Gasteiger partial charge is 0.480 e. The number of amides is 4. The monoisotopic (exact) mass is 245 g/mol. The Hall–Kier alpha value is -1.87. The smallest absolute Gasteiger partial charge is 0.328 e. The zero-order chi connectivity index (χ0) is 12.8. The molecule has 0 aromatic rings. The Morgan fingerprint density at radius 3 is 2.18 bits per heavy atom. The highest BCUT2D eigenvalue weighted by molar-refractivity contribution is 5.97. The van der Waals surface area contributed by atoms with E-state index in [4.69, 9.17) is 10.8 Å². The first-order valence-electron chi connectivity index (χ1n) is 5.04. The van der Waals surface area contributed by atoms with Crippen molar-refractivity contribution in [2.75, 3.05) is 26.3 Å². The van der Waals surface area contributed by atoms with Gasteiger partial charge in [-0.05, 0) is 0 Å². The molecule has 17 heavy (non-hydrogen) atoms. The second-order valence-corrected chi connectivity index (χ2v) is 3.47. The summed E-state index contributed by atoms with van der Waals surface area (Å²) in [7, 11) is 0. The molecule has 96 valence electrons. The first-order chi connectivity index (χ1) is 8.02. The molecule has 0 aromatic heterocycles. The number of rotatable bonds is 1. The second kappa shape index (κ2) is 6.01. The summed E-state index contributed by atoms with van der Waals surface area (Å²) in [5.74, 6) is -1.19. The predicted molar refractivity (Wildman–Crippen MR) is 57.1 cm³/mol. The fraction of sp³-hybridized carbons (Fsp3) is 0.625. The number of nitrogens with zero attached hydrogens (tertiary/aromatic N) is 1. The lowest BCUT2D eigenvalue weighted by molar-refractivity contribution is -0.138. The number of nitrogens with one attached hydrogen (secondary N) is 3. The number of nitrogens with two attached hydrogens (primary N) is 1. The lowest BCUT2D eigenvalue weighted by atomic mass is 10.3. The number of aliphatic carboxylic acids is 1. The van der Waals surface area contributed by atoms with E-state index in [1.165, 1.54) is 0 Å². The van der Waals surface area contributed by atoms with Gasteiger partial charge in [-0.15, -0.1) is 0 Å². The number of urea groups is 2. The van der Waals surface area contributed by atoms with E-state index in [1.807, 2.05) is 0 Å². The minimum Gasteiger partial charge on any atom is -0.480 e. The highest BCUT2D eigenvalue weighted by Gasteiger charge is 2.35. The number of carbonyl (C=O) groups excluding carboxylic acids is 2. The van der Waals surface area contributed by atoms with Crippen molar-refractivity contribution < 1.29 is 19.5 Å². The van der Waals surface area contributed by atoms with Crippen LogP contribution in [-0.4, -0.2) is 60.4 Å². The molecule has 0 spiro atoms. The average Bonchev–Trinajstić information content (AvgIpc) is 2.87. The summed E-state index contributed by atoms with van der Waals surface area (Å²) in [5.41, 5.74) is 4.78. The first-order valence-corrected chi connectivity index (χ1v) is 5.04. The molecule has 0 bridgehead atoms. The summed E-state index contributed by atoms with van der Waals surface area (Å²) in [5, 5.41) is 16.7. The van der Waals surface area contributed by atoms with Crippen LogP contribution in [0.3, 0.4) is 0 Å². The molecule has 9 heteroatoms. The topological polar surface area (TPSA) is 137 Å². The maximum absolute atomic E-state index is 10.8. The number of hydrogen-bond acceptors (Lipinski definition) is 5. The third-order valence-electron chi connectivity index (χ3n) is 2.20. The molecule has 2 heterocycles. The van der Waals surface area contributed by atoms with Crippen LogP contribution in [0.1, 0.15) is 0 Å². The van der Waals surface area contributed by atoms with Gasteiger partial charge in [0.15, 0.2) is 0 Å². The highest BCUT2D eigenvalue weighted by atomic mass is 16.4. The minimum atomic E-state index is -1.19. The van der Waals surface area contributed by atoms with Gasteiger partial charge in [0.1, 0.15) is 6.04 Å². The lowest BCUT2D eigenvalue weighted by Gasteiger charge is -2.06. The SMILES string of the molecule is C1CNCN1.NC(=O)N1C[C@@H](C(=O)O)NC1=O. The number of imide groups is 1. The normalized spacial score (nSPS) is 22.7. The van der Waals surface area contributed by atoms with Crippen molar-refractivity contribution in [3.8, 4) is 0 Å². The molecule has 0 saturated carbocycles. The fourth-order valence-corrected chi connectivity index (χ4v) is 1.31. The van der Waals surface area contributed by atoms with Crippen molar-refractivity contribution in [2.24, 2.45) is 5.73 Å². The Bertz CT molecular complexity index is 309. The van der Waals surface area contributed by atoms with E-state index in [-0.39, 0.29) is 6.54 Å². The molecule has 2 rings (SSSR count). The van der Waals surface area contributed by atoms with Gasteiger partial charge in [0.25, 0.3) is 0 Å². The molecule has 9 nitrogen and oxygen atoms in total. The van der Waals surface area contributed by atoms with E-state index in [0.29, 0.717) is 4.90 Å². The lowest BCUT2D eigenvalue weighted by Crippen LogP contribution is -2.38. The summed E-state index contributed by atoms with van der Waals surface area (Å²) >= 11 is 0. The number of carboxylic acid groups (broad SMARTS) is 1. The summed E-state index contributed by atoms with van der Waals surface area (Å²) < 4.78 is 0. The zero-order valence-electron chi connectivity index (χ0n) is 9.10. The molecule has 2 saturated heterocycles. The molecule has 0 aromatic carbocycles. The summed E-state index contributed by atoms with van der Waals surface area (Å²) in [6, 6.07) is -2.77. The maximum Gasteiger partial charge on any atom is 0.328 e. The Balaban J connectivity index is 0.000000239. The Morgan fingerprint density at radius 1 is 1.35 bits per heavy atom. The van der Waals surface area contributed by atoms with Gasteiger partial charge in [-0.2, -0.15) is 0 Å². The van der Waals surface area contributed by atoms with Crippen molar-refractivity contribution in [3.63, 3.8) is 0 Å². The molecule has 2 fully saturated rings. The van der Waals surface area contributed by atoms with Crippen LogP contribution in [0.4, 0.5) is 9.59 Å². The van der Waals surface area contributed by atoms with Gasteiger partial charge in [-0.1, -0.05) is 0 Å². The van der Waals surface area contributed by atoms with E-state index in [2.05, 4.69) is 16.0 Å². The van der Waals surface area contributed by atoms with Gasteiger partial charge in [0.2, 0.25) is 0 Å². The third-order valence-corrected chi connectivity index (χ3v) is 2.20. The number of carbonyl (C=O) groups is 3. The van der Waals surface area contributed by atoms with Crippen molar-refractivity contribution in [1.82, 2.24) is 20.9 Å². The van der Waals surface area contributed by atoms with E-state index >= 15 is 0 Å². The van der Waals surface area contributed by atoms with Crippen LogP contribution in [-0.2, 0) is 4.79 Å². The van der Waals surface area contributed by atoms with E-state index in [0.717, 1.165) is 19.8 Å². The molecule has 0 radical (unpaired) electrons. The molecule has 0 aliphatic carbocycles. The number of primary amides is 1.